The molecule has 148 valence electrons. The van der Waals surface area contributed by atoms with Crippen molar-refractivity contribution in [3.63, 3.8) is 0 Å². The maximum Gasteiger partial charge on any atom is 0.229 e. The van der Waals surface area contributed by atoms with Crippen molar-refractivity contribution >= 4 is 23.2 Å². The van der Waals surface area contributed by atoms with Crippen LogP contribution in [0.2, 0.25) is 0 Å². The third-order valence-electron chi connectivity index (χ3n) is 4.96. The van der Waals surface area contributed by atoms with Gasteiger partial charge in [-0.05, 0) is 48.2 Å². The van der Waals surface area contributed by atoms with Gasteiger partial charge in [0.05, 0.1) is 12.5 Å². The standard InChI is InChI=1S/C23H28N2O3/c1-4-13-28-19-11-9-18(10-12-19)25-15-17(14-22(25)26)23(27)24-21-8-6-5-7-20(21)16(2)3/h5-12,16-17H,4,13-15H2,1-3H3,(H,24,27)/t17-/m1/s1. The van der Waals surface area contributed by atoms with Gasteiger partial charge in [-0.25, -0.2) is 0 Å². The van der Waals surface area contributed by atoms with Crippen LogP contribution in [0.4, 0.5) is 11.4 Å². The average Bonchev–Trinajstić information content (AvgIpc) is 3.09. The Bertz CT molecular complexity index is 830. The number of ether oxygens (including phenoxy) is 1. The fraction of sp³-hybridized carbons (Fsp3) is 0.391. The molecule has 1 N–H and O–H groups in total. The molecule has 2 aromatic rings. The van der Waals surface area contributed by atoms with Gasteiger partial charge in [-0.15, -0.1) is 0 Å². The molecule has 0 bridgehead atoms. The van der Waals surface area contributed by atoms with Gasteiger partial charge in [-0.2, -0.15) is 0 Å². The van der Waals surface area contributed by atoms with Gasteiger partial charge in [0.1, 0.15) is 5.75 Å². The van der Waals surface area contributed by atoms with Crippen LogP contribution in [0.3, 0.4) is 0 Å². The average molecular weight is 380 g/mol. The zero-order chi connectivity index (χ0) is 20.1. The van der Waals surface area contributed by atoms with Crippen LogP contribution < -0.4 is 15.0 Å². The van der Waals surface area contributed by atoms with Gasteiger partial charge in [0.2, 0.25) is 11.8 Å². The summed E-state index contributed by atoms with van der Waals surface area (Å²) in [6.45, 7) is 7.31. The number of amides is 2. The zero-order valence-corrected chi connectivity index (χ0v) is 16.8. The van der Waals surface area contributed by atoms with E-state index in [1.54, 1.807) is 4.90 Å². The number of benzene rings is 2. The molecule has 0 radical (unpaired) electrons. The van der Waals surface area contributed by atoms with Crippen molar-refractivity contribution in [1.82, 2.24) is 0 Å². The first-order valence-electron chi connectivity index (χ1n) is 9.92. The first-order chi connectivity index (χ1) is 13.5. The quantitative estimate of drug-likeness (QED) is 0.764. The summed E-state index contributed by atoms with van der Waals surface area (Å²) in [4.78, 5) is 26.9. The van der Waals surface area contributed by atoms with Crippen LogP contribution in [0, 0.1) is 5.92 Å². The predicted octanol–water partition coefficient (Wildman–Crippen LogP) is 4.59. The summed E-state index contributed by atoms with van der Waals surface area (Å²) in [7, 11) is 0. The monoisotopic (exact) mass is 380 g/mol. The SMILES string of the molecule is CCCOc1ccc(N2C[C@H](C(=O)Nc3ccccc3C(C)C)CC2=O)cc1. The van der Waals surface area contributed by atoms with Crippen LogP contribution in [0.1, 0.15) is 45.1 Å². The Morgan fingerprint density at radius 1 is 1.18 bits per heavy atom. The highest BCUT2D eigenvalue weighted by Crippen LogP contribution is 2.29. The molecule has 3 rings (SSSR count). The minimum absolute atomic E-state index is 0.0282. The van der Waals surface area contributed by atoms with Crippen molar-refractivity contribution in [3.05, 3.63) is 54.1 Å². The van der Waals surface area contributed by atoms with E-state index in [9.17, 15) is 9.59 Å². The normalized spacial score (nSPS) is 16.5. The maximum absolute atomic E-state index is 12.8. The van der Waals surface area contributed by atoms with Crippen LogP contribution in [-0.2, 0) is 9.59 Å². The molecule has 0 unspecified atom stereocenters. The highest BCUT2D eigenvalue weighted by molar-refractivity contribution is 6.03. The highest BCUT2D eigenvalue weighted by Gasteiger charge is 2.35. The molecule has 1 aliphatic rings. The van der Waals surface area contributed by atoms with Gasteiger partial charge in [-0.3, -0.25) is 9.59 Å². The number of hydrogen-bond donors (Lipinski definition) is 1. The van der Waals surface area contributed by atoms with Crippen molar-refractivity contribution in [2.75, 3.05) is 23.4 Å². The third kappa shape index (κ3) is 4.53. The molecule has 2 aromatic carbocycles. The third-order valence-corrected chi connectivity index (χ3v) is 4.96. The number of nitrogens with zero attached hydrogens (tertiary/aromatic N) is 1. The Morgan fingerprint density at radius 3 is 2.57 bits per heavy atom. The van der Waals surface area contributed by atoms with Gasteiger partial charge in [-0.1, -0.05) is 39.0 Å². The first kappa shape index (κ1) is 19.9. The number of para-hydroxylation sites is 1. The molecule has 28 heavy (non-hydrogen) atoms. The van der Waals surface area contributed by atoms with E-state index < -0.39 is 0 Å². The van der Waals surface area contributed by atoms with E-state index in [0.717, 1.165) is 29.1 Å². The van der Waals surface area contributed by atoms with Crippen LogP contribution in [-0.4, -0.2) is 25.0 Å². The van der Waals surface area contributed by atoms with Crippen molar-refractivity contribution in [1.29, 1.82) is 0 Å². The molecule has 1 fully saturated rings. The number of rotatable bonds is 7. The molecule has 0 aliphatic carbocycles. The molecule has 0 saturated carbocycles. The lowest BCUT2D eigenvalue weighted by molar-refractivity contribution is -0.122. The lowest BCUT2D eigenvalue weighted by Gasteiger charge is -2.18. The minimum Gasteiger partial charge on any atom is -0.494 e. The minimum atomic E-state index is -0.358. The summed E-state index contributed by atoms with van der Waals surface area (Å²) in [5.41, 5.74) is 2.72. The second-order valence-electron chi connectivity index (χ2n) is 7.48. The first-order valence-corrected chi connectivity index (χ1v) is 9.92. The molecule has 0 spiro atoms. The Balaban J connectivity index is 1.66. The van der Waals surface area contributed by atoms with E-state index in [1.165, 1.54) is 0 Å². The molecule has 1 atom stereocenters. The van der Waals surface area contributed by atoms with Crippen molar-refractivity contribution in [2.24, 2.45) is 5.92 Å². The van der Waals surface area contributed by atoms with Gasteiger partial charge < -0.3 is 15.0 Å². The molecule has 1 aliphatic heterocycles. The summed E-state index contributed by atoms with van der Waals surface area (Å²) in [6.07, 6.45) is 1.17. The van der Waals surface area contributed by atoms with E-state index in [4.69, 9.17) is 4.74 Å². The van der Waals surface area contributed by atoms with Crippen molar-refractivity contribution in [3.8, 4) is 5.75 Å². The summed E-state index contributed by atoms with van der Waals surface area (Å²) in [6, 6.07) is 15.3. The summed E-state index contributed by atoms with van der Waals surface area (Å²) >= 11 is 0. The Hall–Kier alpha value is -2.82. The van der Waals surface area contributed by atoms with Crippen molar-refractivity contribution < 1.29 is 14.3 Å². The topological polar surface area (TPSA) is 58.6 Å². The second kappa shape index (κ2) is 8.91. The summed E-state index contributed by atoms with van der Waals surface area (Å²) in [5.74, 6) is 0.610. The molecule has 0 aromatic heterocycles. The summed E-state index contributed by atoms with van der Waals surface area (Å²) in [5, 5.41) is 3.02. The van der Waals surface area contributed by atoms with E-state index >= 15 is 0 Å². The van der Waals surface area contributed by atoms with Crippen LogP contribution >= 0.6 is 0 Å². The predicted molar refractivity (Wildman–Crippen MR) is 112 cm³/mol. The van der Waals surface area contributed by atoms with E-state index in [2.05, 4.69) is 26.1 Å². The molecule has 1 heterocycles. The lowest BCUT2D eigenvalue weighted by atomic mass is 10.0. The van der Waals surface area contributed by atoms with Gasteiger partial charge in [0.15, 0.2) is 0 Å². The summed E-state index contributed by atoms with van der Waals surface area (Å²) < 4.78 is 5.59. The highest BCUT2D eigenvalue weighted by atomic mass is 16.5. The Morgan fingerprint density at radius 2 is 1.89 bits per heavy atom. The smallest absolute Gasteiger partial charge is 0.229 e. The second-order valence-corrected chi connectivity index (χ2v) is 7.48. The fourth-order valence-electron chi connectivity index (χ4n) is 3.42. The number of hydrogen-bond acceptors (Lipinski definition) is 3. The lowest BCUT2D eigenvalue weighted by Crippen LogP contribution is -2.28. The van der Waals surface area contributed by atoms with Gasteiger partial charge >= 0.3 is 0 Å². The molecule has 1 saturated heterocycles. The van der Waals surface area contributed by atoms with Crippen LogP contribution in [0.15, 0.2) is 48.5 Å². The molecular weight excluding hydrogens is 352 g/mol. The number of carbonyl (C=O) groups excluding carboxylic acids is 2. The van der Waals surface area contributed by atoms with E-state index in [-0.39, 0.29) is 24.2 Å². The zero-order valence-electron chi connectivity index (χ0n) is 16.8. The van der Waals surface area contributed by atoms with Gasteiger partial charge in [0, 0.05) is 24.3 Å². The largest absolute Gasteiger partial charge is 0.494 e. The fourth-order valence-corrected chi connectivity index (χ4v) is 3.42. The number of carbonyl (C=O) groups is 2. The van der Waals surface area contributed by atoms with E-state index in [1.807, 2.05) is 48.5 Å². The number of anilines is 2. The van der Waals surface area contributed by atoms with E-state index in [0.29, 0.717) is 19.1 Å². The van der Waals surface area contributed by atoms with Crippen LogP contribution in [0.25, 0.3) is 0 Å². The van der Waals surface area contributed by atoms with Crippen molar-refractivity contribution in [2.45, 2.75) is 39.5 Å². The Kier molecular flexibility index (Phi) is 6.34. The van der Waals surface area contributed by atoms with Crippen LogP contribution in [0.5, 0.6) is 5.75 Å². The Labute approximate surface area is 166 Å². The number of nitrogens with one attached hydrogen (secondary N) is 1. The maximum atomic E-state index is 12.8. The molecular formula is C23H28N2O3. The molecule has 5 heteroatoms. The molecule has 2 amide bonds. The van der Waals surface area contributed by atoms with Gasteiger partial charge in [0.25, 0.3) is 0 Å². The molecule has 5 nitrogen and oxygen atoms in total.